The van der Waals surface area contributed by atoms with E-state index in [1.807, 2.05) is 0 Å². The molecule has 1 atom stereocenters. The van der Waals surface area contributed by atoms with Gasteiger partial charge in [0, 0.05) is 19.1 Å². The molecule has 2 nitrogen and oxygen atoms in total. The number of fused-ring (bicyclic) bond motifs is 1. The number of hydrogen-bond donors (Lipinski definition) is 1. The highest BCUT2D eigenvalue weighted by molar-refractivity contribution is 5.32. The molecule has 0 fully saturated rings. The van der Waals surface area contributed by atoms with Crippen molar-refractivity contribution in [2.45, 2.75) is 51.5 Å². The highest BCUT2D eigenvalue weighted by Crippen LogP contribution is 2.28. The van der Waals surface area contributed by atoms with Gasteiger partial charge < -0.3 is 5.73 Å². The Labute approximate surface area is 118 Å². The van der Waals surface area contributed by atoms with Crippen LogP contribution in [0.3, 0.4) is 0 Å². The zero-order chi connectivity index (χ0) is 13.5. The second-order valence-electron chi connectivity index (χ2n) is 5.65. The van der Waals surface area contributed by atoms with Crippen LogP contribution in [0.25, 0.3) is 0 Å². The highest BCUT2D eigenvalue weighted by Gasteiger charge is 2.25. The molecule has 19 heavy (non-hydrogen) atoms. The standard InChI is InChI=1S/C17H28N2/c1-2-3-4-5-8-12-19-13-11-15-9-6-7-10-16(15)17(19)14-18/h6-7,9-10,17H,2-5,8,11-14,18H2,1H3. The van der Waals surface area contributed by atoms with Gasteiger partial charge in [0.05, 0.1) is 0 Å². The molecule has 2 N–H and O–H groups in total. The zero-order valence-corrected chi connectivity index (χ0v) is 12.3. The van der Waals surface area contributed by atoms with Gasteiger partial charge in [-0.1, -0.05) is 56.9 Å². The van der Waals surface area contributed by atoms with Crippen LogP contribution in [0.1, 0.15) is 56.2 Å². The monoisotopic (exact) mass is 260 g/mol. The molecule has 0 saturated heterocycles. The van der Waals surface area contributed by atoms with Gasteiger partial charge in [0.25, 0.3) is 0 Å². The number of rotatable bonds is 7. The summed E-state index contributed by atoms with van der Waals surface area (Å²) in [4.78, 5) is 2.59. The smallest absolute Gasteiger partial charge is 0.0473 e. The molecule has 1 aromatic carbocycles. The van der Waals surface area contributed by atoms with E-state index in [9.17, 15) is 0 Å². The highest BCUT2D eigenvalue weighted by atomic mass is 15.2. The second-order valence-corrected chi connectivity index (χ2v) is 5.65. The summed E-state index contributed by atoms with van der Waals surface area (Å²) in [5.41, 5.74) is 8.98. The number of nitrogens with two attached hydrogens (primary N) is 1. The molecule has 0 spiro atoms. The van der Waals surface area contributed by atoms with Crippen LogP contribution in [0.2, 0.25) is 0 Å². The Hall–Kier alpha value is -0.860. The fourth-order valence-electron chi connectivity index (χ4n) is 3.17. The summed E-state index contributed by atoms with van der Waals surface area (Å²) in [6.07, 6.45) is 7.95. The first kappa shape index (κ1) is 14.5. The molecule has 1 heterocycles. The Bertz CT molecular complexity index is 375. The lowest BCUT2D eigenvalue weighted by atomic mass is 9.92. The Morgan fingerprint density at radius 2 is 1.95 bits per heavy atom. The molecular formula is C17H28N2. The molecule has 1 aliphatic rings. The van der Waals surface area contributed by atoms with Gasteiger partial charge in [-0.2, -0.15) is 0 Å². The summed E-state index contributed by atoms with van der Waals surface area (Å²) in [7, 11) is 0. The molecule has 1 unspecified atom stereocenters. The van der Waals surface area contributed by atoms with Gasteiger partial charge in [0.15, 0.2) is 0 Å². The van der Waals surface area contributed by atoms with Crippen LogP contribution in [0, 0.1) is 0 Å². The zero-order valence-electron chi connectivity index (χ0n) is 12.3. The van der Waals surface area contributed by atoms with Crippen LogP contribution in [0.15, 0.2) is 24.3 Å². The SMILES string of the molecule is CCCCCCCN1CCc2ccccc2C1CN. The maximum absolute atomic E-state index is 6.02. The van der Waals surface area contributed by atoms with E-state index in [2.05, 4.69) is 36.1 Å². The maximum Gasteiger partial charge on any atom is 0.0473 e. The molecule has 0 bridgehead atoms. The van der Waals surface area contributed by atoms with Crippen molar-refractivity contribution in [3.05, 3.63) is 35.4 Å². The normalized spacial score (nSPS) is 19.4. The minimum atomic E-state index is 0.441. The molecule has 0 saturated carbocycles. The van der Waals surface area contributed by atoms with Crippen LogP contribution in [-0.4, -0.2) is 24.5 Å². The lowest BCUT2D eigenvalue weighted by molar-refractivity contribution is 0.185. The summed E-state index contributed by atoms with van der Waals surface area (Å²) in [5, 5.41) is 0. The van der Waals surface area contributed by atoms with E-state index in [-0.39, 0.29) is 0 Å². The third kappa shape index (κ3) is 3.80. The van der Waals surface area contributed by atoms with Crippen molar-refractivity contribution < 1.29 is 0 Å². The molecule has 0 amide bonds. The average Bonchev–Trinajstić information content (AvgIpc) is 2.46. The third-order valence-electron chi connectivity index (χ3n) is 4.30. The van der Waals surface area contributed by atoms with E-state index in [0.29, 0.717) is 6.04 Å². The first-order valence-electron chi connectivity index (χ1n) is 7.88. The maximum atomic E-state index is 6.02. The van der Waals surface area contributed by atoms with Crippen molar-refractivity contribution in [3.8, 4) is 0 Å². The van der Waals surface area contributed by atoms with Crippen molar-refractivity contribution in [2.75, 3.05) is 19.6 Å². The average molecular weight is 260 g/mol. The van der Waals surface area contributed by atoms with Gasteiger partial charge >= 0.3 is 0 Å². The van der Waals surface area contributed by atoms with Crippen LogP contribution in [-0.2, 0) is 6.42 Å². The van der Waals surface area contributed by atoms with Gasteiger partial charge in [0.2, 0.25) is 0 Å². The van der Waals surface area contributed by atoms with Gasteiger partial charge in [-0.25, -0.2) is 0 Å². The fraction of sp³-hybridized carbons (Fsp3) is 0.647. The number of nitrogens with zero attached hydrogens (tertiary/aromatic N) is 1. The molecule has 1 aromatic rings. The van der Waals surface area contributed by atoms with Crippen LogP contribution in [0.4, 0.5) is 0 Å². The molecule has 1 aliphatic heterocycles. The van der Waals surface area contributed by atoms with E-state index in [1.165, 1.54) is 62.7 Å². The summed E-state index contributed by atoms with van der Waals surface area (Å²) in [5.74, 6) is 0. The van der Waals surface area contributed by atoms with Crippen LogP contribution < -0.4 is 5.73 Å². The predicted molar refractivity (Wildman–Crippen MR) is 82.3 cm³/mol. The number of hydrogen-bond acceptors (Lipinski definition) is 2. The van der Waals surface area contributed by atoms with E-state index >= 15 is 0 Å². The Morgan fingerprint density at radius 3 is 2.74 bits per heavy atom. The largest absolute Gasteiger partial charge is 0.329 e. The minimum Gasteiger partial charge on any atom is -0.329 e. The second kappa shape index (κ2) is 7.66. The van der Waals surface area contributed by atoms with Crippen molar-refractivity contribution >= 4 is 0 Å². The summed E-state index contributed by atoms with van der Waals surface area (Å²) in [6.45, 7) is 5.39. The topological polar surface area (TPSA) is 29.3 Å². The Kier molecular flexibility index (Phi) is 5.87. The van der Waals surface area contributed by atoms with Crippen molar-refractivity contribution in [3.63, 3.8) is 0 Å². The lowest BCUT2D eigenvalue weighted by Gasteiger charge is -2.36. The van der Waals surface area contributed by atoms with Gasteiger partial charge in [-0.15, -0.1) is 0 Å². The Morgan fingerprint density at radius 1 is 1.16 bits per heavy atom. The lowest BCUT2D eigenvalue weighted by Crippen LogP contribution is -2.39. The van der Waals surface area contributed by atoms with Gasteiger partial charge in [-0.3, -0.25) is 4.90 Å². The molecule has 0 radical (unpaired) electrons. The van der Waals surface area contributed by atoms with Crippen LogP contribution >= 0.6 is 0 Å². The predicted octanol–water partition coefficient (Wildman–Crippen LogP) is 3.51. The fourth-order valence-corrected chi connectivity index (χ4v) is 3.17. The molecule has 106 valence electrons. The van der Waals surface area contributed by atoms with E-state index < -0.39 is 0 Å². The third-order valence-corrected chi connectivity index (χ3v) is 4.30. The van der Waals surface area contributed by atoms with Crippen molar-refractivity contribution in [1.82, 2.24) is 4.90 Å². The Balaban J connectivity index is 1.88. The van der Waals surface area contributed by atoms with Crippen LogP contribution in [0.5, 0.6) is 0 Å². The van der Waals surface area contributed by atoms with Crippen molar-refractivity contribution in [2.24, 2.45) is 5.73 Å². The molecule has 2 rings (SSSR count). The van der Waals surface area contributed by atoms with Gasteiger partial charge in [-0.05, 0) is 30.5 Å². The number of benzene rings is 1. The molecular weight excluding hydrogens is 232 g/mol. The first-order valence-corrected chi connectivity index (χ1v) is 7.88. The van der Waals surface area contributed by atoms with E-state index in [4.69, 9.17) is 5.73 Å². The molecule has 2 heteroatoms. The molecule has 0 aliphatic carbocycles. The first-order chi connectivity index (χ1) is 9.36. The minimum absolute atomic E-state index is 0.441. The quantitative estimate of drug-likeness (QED) is 0.760. The van der Waals surface area contributed by atoms with Crippen molar-refractivity contribution in [1.29, 1.82) is 0 Å². The summed E-state index contributed by atoms with van der Waals surface area (Å²) in [6, 6.07) is 9.25. The molecule has 0 aromatic heterocycles. The van der Waals surface area contributed by atoms with E-state index in [0.717, 1.165) is 6.54 Å². The van der Waals surface area contributed by atoms with E-state index in [1.54, 1.807) is 0 Å². The summed E-state index contributed by atoms with van der Waals surface area (Å²) < 4.78 is 0. The number of unbranched alkanes of at least 4 members (excludes halogenated alkanes) is 4. The van der Waals surface area contributed by atoms with Gasteiger partial charge in [0.1, 0.15) is 0 Å². The summed E-state index contributed by atoms with van der Waals surface area (Å²) >= 11 is 0.